The highest BCUT2D eigenvalue weighted by Crippen LogP contribution is 2.23. The molecule has 2 aromatic rings. The van der Waals surface area contributed by atoms with Gasteiger partial charge in [-0.05, 0) is 145 Å². The maximum Gasteiger partial charge on any atom is 0.0794 e. The second kappa shape index (κ2) is 43.4. The second-order valence-electron chi connectivity index (χ2n) is 26.7. The first-order valence-corrected chi connectivity index (χ1v) is 33.0. The number of hydrogen-bond donors (Lipinski definition) is 6. The van der Waals surface area contributed by atoms with Crippen LogP contribution in [0, 0.1) is 11.8 Å². The van der Waals surface area contributed by atoms with Gasteiger partial charge in [0.1, 0.15) is 0 Å². The van der Waals surface area contributed by atoms with Crippen molar-refractivity contribution in [3.63, 3.8) is 0 Å². The van der Waals surface area contributed by atoms with E-state index in [1.807, 2.05) is 48.8 Å². The Labute approximate surface area is 506 Å². The summed E-state index contributed by atoms with van der Waals surface area (Å²) in [5.41, 5.74) is 2.21. The van der Waals surface area contributed by atoms with Gasteiger partial charge in [0.15, 0.2) is 0 Å². The van der Waals surface area contributed by atoms with Crippen LogP contribution in [0.4, 0.5) is 0 Å². The van der Waals surface area contributed by atoms with Gasteiger partial charge in [-0.25, -0.2) is 0 Å². The molecular weight excluding hydrogens is 1020 g/mol. The van der Waals surface area contributed by atoms with Crippen molar-refractivity contribution in [3.8, 4) is 0 Å². The molecule has 8 heterocycles. The maximum atomic E-state index is 8.83. The minimum Gasteiger partial charge on any atom is -0.390 e. The van der Waals surface area contributed by atoms with Crippen molar-refractivity contribution in [1.82, 2.24) is 51.3 Å². The average Bonchev–Trinajstić information content (AvgIpc) is 4.08. The van der Waals surface area contributed by atoms with Crippen LogP contribution in [0.5, 0.6) is 0 Å². The highest BCUT2D eigenvalue weighted by molar-refractivity contribution is 5.08. The van der Waals surface area contributed by atoms with Gasteiger partial charge in [-0.3, -0.25) is 14.9 Å². The molecule has 480 valence electrons. The van der Waals surface area contributed by atoms with E-state index in [4.69, 9.17) is 19.3 Å². The number of β-amino-alcohol motifs (C(OH)–C–C–N with tert-alkyl or cyclic N) is 1. The van der Waals surface area contributed by atoms with E-state index >= 15 is 0 Å². The lowest BCUT2D eigenvalue weighted by Gasteiger charge is -2.42. The number of pyridine rings is 2. The molecule has 0 amide bonds. The largest absolute Gasteiger partial charge is 0.390 e. The Morgan fingerprint density at radius 2 is 0.878 bits per heavy atom. The quantitative estimate of drug-likeness (QED) is 0.0843. The number of ether oxygens (including phenoxy) is 3. The van der Waals surface area contributed by atoms with Gasteiger partial charge in [0.2, 0.25) is 0 Å². The third-order valence-electron chi connectivity index (χ3n) is 15.8. The standard InChI is InChI=1S/2C10H16N2.C9H19NO.C9H19N.2C8H17NO.C8H17N.C6H13NO/c2*1-8(2)12-9(3)10-6-4-5-7-11-10;1-6(2)10-9-5-7(3)11-8(9)4;1-4-5-9-6-10(7-9)8(2)3;2*1-6(2)9-8-4-5-10-7(8)3;1-4-8-5-9(6-8)7(2)3;1-5(2)7-3-6(8)4-7/h2*4-9,12H,1-3H3;6-10H,5H2,1-4H3;8-9H,4-7H2,1-3H3;2*6-9H,4-5H2,1-3H3;7-8H,4-6H2,1-3H3;5-6,8H,3-4H2,1-2H3/t2*9-;;;2*7-,8-;;/m00..10../s1. The van der Waals surface area contributed by atoms with E-state index in [1.54, 1.807) is 0 Å². The number of hydrogen-bond acceptors (Lipinski definition) is 14. The molecule has 0 aliphatic carbocycles. The lowest BCUT2D eigenvalue weighted by Crippen LogP contribution is -2.53. The first-order valence-electron chi connectivity index (χ1n) is 33.0. The van der Waals surface area contributed by atoms with E-state index in [2.05, 4.69) is 217 Å². The molecule has 6 aliphatic heterocycles. The topological polar surface area (TPSA) is 144 Å². The number of nitrogens with zero attached hydrogens (tertiary/aromatic N) is 5. The van der Waals surface area contributed by atoms with Gasteiger partial charge in [0, 0.05) is 143 Å². The zero-order valence-corrected chi connectivity index (χ0v) is 57.5. The zero-order chi connectivity index (χ0) is 62.1. The number of aromatic nitrogens is 2. The Bertz CT molecular complexity index is 1700. The van der Waals surface area contributed by atoms with Crippen molar-refractivity contribution >= 4 is 0 Å². The first-order chi connectivity index (χ1) is 38.6. The van der Waals surface area contributed by atoms with E-state index in [-0.39, 0.29) is 6.10 Å². The molecule has 14 heteroatoms. The molecule has 6 saturated heterocycles. The monoisotopic (exact) mass is 1160 g/mol. The summed E-state index contributed by atoms with van der Waals surface area (Å²) in [5, 5.41) is 26.0. The van der Waals surface area contributed by atoms with Gasteiger partial charge < -0.3 is 55.7 Å². The Hall–Kier alpha value is -2.18. The lowest BCUT2D eigenvalue weighted by atomic mass is 9.94. The molecule has 3 unspecified atom stereocenters. The van der Waals surface area contributed by atoms with Crippen LogP contribution in [0.2, 0.25) is 0 Å². The summed E-state index contributed by atoms with van der Waals surface area (Å²) < 4.78 is 16.4. The third-order valence-corrected chi connectivity index (χ3v) is 15.8. The smallest absolute Gasteiger partial charge is 0.0794 e. The first kappa shape index (κ1) is 77.8. The van der Waals surface area contributed by atoms with Gasteiger partial charge >= 0.3 is 0 Å². The molecule has 6 N–H and O–H groups in total. The summed E-state index contributed by atoms with van der Waals surface area (Å²) >= 11 is 0. The Morgan fingerprint density at radius 1 is 0.500 bits per heavy atom. The van der Waals surface area contributed by atoms with Crippen LogP contribution in [0.25, 0.3) is 0 Å². The zero-order valence-electron chi connectivity index (χ0n) is 57.5. The van der Waals surface area contributed by atoms with Gasteiger partial charge in [-0.1, -0.05) is 108 Å². The van der Waals surface area contributed by atoms with E-state index in [1.165, 1.54) is 58.3 Å². The molecule has 6 fully saturated rings. The number of nitrogens with one attached hydrogen (secondary N) is 5. The fourth-order valence-corrected chi connectivity index (χ4v) is 10.7. The van der Waals surface area contributed by atoms with E-state index in [0.717, 1.165) is 68.0 Å². The second-order valence-corrected chi connectivity index (χ2v) is 26.7. The van der Waals surface area contributed by atoms with Gasteiger partial charge in [-0.2, -0.15) is 0 Å². The summed E-state index contributed by atoms with van der Waals surface area (Å²) in [4.78, 5) is 15.8. The highest BCUT2D eigenvalue weighted by atomic mass is 16.5. The summed E-state index contributed by atoms with van der Waals surface area (Å²) in [6.07, 6.45) is 12.9. The fourth-order valence-electron chi connectivity index (χ4n) is 10.7. The van der Waals surface area contributed by atoms with Crippen molar-refractivity contribution < 1.29 is 19.3 Å². The predicted octanol–water partition coefficient (Wildman–Crippen LogP) is 12.1. The minimum absolute atomic E-state index is 0.0441. The maximum absolute atomic E-state index is 8.83. The van der Waals surface area contributed by atoms with Crippen LogP contribution in [0.3, 0.4) is 0 Å². The molecule has 0 spiro atoms. The van der Waals surface area contributed by atoms with Crippen LogP contribution in [0.1, 0.15) is 228 Å². The highest BCUT2D eigenvalue weighted by Gasteiger charge is 2.31. The summed E-state index contributed by atoms with van der Waals surface area (Å²) in [7, 11) is 0. The van der Waals surface area contributed by atoms with Crippen molar-refractivity contribution in [1.29, 1.82) is 0 Å². The molecule has 14 nitrogen and oxygen atoms in total. The molecule has 0 radical (unpaired) electrons. The Balaban J connectivity index is 0.000000470. The van der Waals surface area contributed by atoms with E-state index in [9.17, 15) is 0 Å². The summed E-state index contributed by atoms with van der Waals surface area (Å²) in [6, 6.07) is 19.3. The van der Waals surface area contributed by atoms with Crippen molar-refractivity contribution in [3.05, 3.63) is 60.2 Å². The number of likely N-dealkylation sites (tertiary alicyclic amines) is 3. The molecule has 0 saturated carbocycles. The van der Waals surface area contributed by atoms with Crippen LogP contribution in [-0.2, 0) is 14.2 Å². The molecule has 6 aliphatic rings. The lowest BCUT2D eigenvalue weighted by molar-refractivity contribution is -0.0161. The van der Waals surface area contributed by atoms with Crippen molar-refractivity contribution in [2.45, 2.75) is 314 Å². The third kappa shape index (κ3) is 34.8. The van der Waals surface area contributed by atoms with Gasteiger partial charge in [0.25, 0.3) is 0 Å². The van der Waals surface area contributed by atoms with Crippen LogP contribution in [0.15, 0.2) is 48.8 Å². The SMILES string of the molecule is CC(C)N1CC(O)C1.CC(C)NC1CC(C)OC1C.CC(C)N[C@@H](C)c1ccccn1.CC(C)N[C@@H](C)c1ccccn1.CC(C)N[C@@H]1CCO[C@@H]1C.CC(C)N[C@H]1CCO[C@H]1C.CCC1CN(C(C)C)C1.CCCC1CN(C(C)C)C1. The molecule has 0 aromatic carbocycles. The molecular formula is C68H134N10O4. The Morgan fingerprint density at radius 3 is 1.13 bits per heavy atom. The van der Waals surface area contributed by atoms with E-state index in [0.29, 0.717) is 90.9 Å². The van der Waals surface area contributed by atoms with Gasteiger partial charge in [0.05, 0.1) is 41.9 Å². The predicted molar refractivity (Wildman–Crippen MR) is 351 cm³/mol. The molecule has 8 rings (SSSR count). The Kier molecular flexibility index (Phi) is 41.2. The van der Waals surface area contributed by atoms with E-state index < -0.39 is 0 Å². The molecule has 82 heavy (non-hydrogen) atoms. The average molecular weight is 1160 g/mol. The number of aliphatic hydroxyl groups excluding tert-OH is 1. The molecule has 9 atom stereocenters. The number of rotatable bonds is 18. The normalized spacial score (nSPS) is 24.7. The van der Waals surface area contributed by atoms with Crippen molar-refractivity contribution in [2.75, 3.05) is 52.5 Å². The fraction of sp³-hybridized carbons (Fsp3) is 0.853. The van der Waals surface area contributed by atoms with Crippen LogP contribution >= 0.6 is 0 Å². The van der Waals surface area contributed by atoms with Gasteiger partial charge in [-0.15, -0.1) is 0 Å². The van der Waals surface area contributed by atoms with Crippen LogP contribution < -0.4 is 26.6 Å². The number of aliphatic hydroxyl groups is 1. The molecule has 2 aromatic heterocycles. The minimum atomic E-state index is -0.0441. The summed E-state index contributed by atoms with van der Waals surface area (Å²) in [6.45, 7) is 61.3. The van der Waals surface area contributed by atoms with Crippen molar-refractivity contribution in [2.24, 2.45) is 11.8 Å². The summed E-state index contributed by atoms with van der Waals surface area (Å²) in [5.74, 6) is 2.03. The molecule has 0 bridgehead atoms. The van der Waals surface area contributed by atoms with Crippen LogP contribution in [-0.4, -0.2) is 179 Å².